The van der Waals surface area contributed by atoms with Crippen LogP contribution in [0.2, 0.25) is 5.02 Å². The summed E-state index contributed by atoms with van der Waals surface area (Å²) in [5.41, 5.74) is 8.68. The Labute approximate surface area is 152 Å². The summed E-state index contributed by atoms with van der Waals surface area (Å²) < 4.78 is 11.9. The number of rotatable bonds is 6. The molecular weight excluding hydrogens is 398 g/mol. The van der Waals surface area contributed by atoms with Crippen molar-refractivity contribution in [3.05, 3.63) is 57.0 Å². The van der Waals surface area contributed by atoms with E-state index >= 15 is 0 Å². The van der Waals surface area contributed by atoms with Gasteiger partial charge in [0.05, 0.1) is 17.8 Å². The first-order valence-electron chi connectivity index (χ1n) is 6.83. The molecule has 0 aliphatic heterocycles. The molecule has 3 N–H and O–H groups in total. The second-order valence-electron chi connectivity index (χ2n) is 4.67. The van der Waals surface area contributed by atoms with Crippen LogP contribution in [-0.2, 0) is 6.61 Å². The fourth-order valence-electron chi connectivity index (χ4n) is 1.91. The highest BCUT2D eigenvalue weighted by Gasteiger charge is 2.07. The number of carbonyl (C=O) groups excluding carboxylic acids is 1. The first-order chi connectivity index (χ1) is 11.5. The van der Waals surface area contributed by atoms with Gasteiger partial charge in [-0.25, -0.2) is 10.2 Å². The van der Waals surface area contributed by atoms with Crippen molar-refractivity contribution in [3.8, 4) is 11.5 Å². The number of hydrogen-bond acceptors (Lipinski definition) is 4. The summed E-state index contributed by atoms with van der Waals surface area (Å²) in [5, 5.41) is 4.34. The maximum atomic E-state index is 10.6. The normalized spacial score (nSPS) is 10.6. The number of benzene rings is 2. The Balaban J connectivity index is 2.15. The highest BCUT2D eigenvalue weighted by atomic mass is 79.9. The number of ether oxygens (including phenoxy) is 2. The quantitative estimate of drug-likeness (QED) is 0.560. The van der Waals surface area contributed by atoms with Gasteiger partial charge < -0.3 is 15.2 Å². The van der Waals surface area contributed by atoms with Gasteiger partial charge in [0, 0.05) is 10.6 Å². The van der Waals surface area contributed by atoms with E-state index in [1.54, 1.807) is 37.4 Å². The lowest BCUT2D eigenvalue weighted by Gasteiger charge is -2.12. The lowest BCUT2D eigenvalue weighted by molar-refractivity contribution is 0.249. The molecule has 0 saturated carbocycles. The Kier molecular flexibility index (Phi) is 6.45. The fourth-order valence-corrected chi connectivity index (χ4v) is 2.71. The molecule has 0 atom stereocenters. The summed E-state index contributed by atoms with van der Waals surface area (Å²) in [5.74, 6) is 1.34. The largest absolute Gasteiger partial charge is 0.496 e. The van der Waals surface area contributed by atoms with Gasteiger partial charge >= 0.3 is 6.03 Å². The molecule has 0 unspecified atom stereocenters. The van der Waals surface area contributed by atoms with Crippen LogP contribution in [-0.4, -0.2) is 19.4 Å². The molecule has 8 heteroatoms. The van der Waals surface area contributed by atoms with E-state index in [-0.39, 0.29) is 6.61 Å². The molecule has 0 heterocycles. The monoisotopic (exact) mass is 411 g/mol. The fraction of sp³-hybridized carbons (Fsp3) is 0.125. The van der Waals surface area contributed by atoms with Crippen LogP contribution in [0.1, 0.15) is 11.1 Å². The topological polar surface area (TPSA) is 85.9 Å². The number of primary amides is 1. The molecule has 0 aliphatic rings. The lowest BCUT2D eigenvalue weighted by atomic mass is 10.1. The molecule has 0 radical (unpaired) electrons. The van der Waals surface area contributed by atoms with Crippen molar-refractivity contribution in [2.45, 2.75) is 6.61 Å². The number of methoxy groups -OCH3 is 1. The number of nitrogens with one attached hydrogen (secondary N) is 1. The van der Waals surface area contributed by atoms with Gasteiger partial charge in [-0.3, -0.25) is 0 Å². The van der Waals surface area contributed by atoms with Crippen LogP contribution >= 0.6 is 27.5 Å². The van der Waals surface area contributed by atoms with Crippen LogP contribution in [0.4, 0.5) is 4.79 Å². The van der Waals surface area contributed by atoms with Gasteiger partial charge in [0.2, 0.25) is 0 Å². The third-order valence-corrected chi connectivity index (χ3v) is 3.82. The summed E-state index contributed by atoms with van der Waals surface area (Å²) in [4.78, 5) is 10.6. The molecule has 24 heavy (non-hydrogen) atoms. The maximum absolute atomic E-state index is 10.6. The van der Waals surface area contributed by atoms with E-state index in [0.717, 1.165) is 15.6 Å². The van der Waals surface area contributed by atoms with Crippen molar-refractivity contribution in [1.29, 1.82) is 0 Å². The van der Waals surface area contributed by atoms with Crippen molar-refractivity contribution >= 4 is 39.8 Å². The SMILES string of the molecule is COc1ccc(C=NNC(N)=O)cc1COc1ccc(Cl)cc1Br. The van der Waals surface area contributed by atoms with E-state index < -0.39 is 6.03 Å². The molecule has 0 fully saturated rings. The average Bonchev–Trinajstić information content (AvgIpc) is 2.54. The van der Waals surface area contributed by atoms with Gasteiger partial charge in [0.15, 0.2) is 0 Å². The average molecular weight is 413 g/mol. The minimum atomic E-state index is -0.726. The molecular formula is C16H15BrClN3O3. The van der Waals surface area contributed by atoms with Crippen molar-refractivity contribution < 1.29 is 14.3 Å². The molecule has 2 amide bonds. The van der Waals surface area contributed by atoms with Crippen LogP contribution in [0.15, 0.2) is 46.0 Å². The van der Waals surface area contributed by atoms with Gasteiger partial charge in [-0.1, -0.05) is 11.6 Å². The number of amides is 2. The van der Waals surface area contributed by atoms with Gasteiger partial charge in [-0.15, -0.1) is 0 Å². The Hall–Kier alpha value is -2.25. The lowest BCUT2D eigenvalue weighted by Crippen LogP contribution is -2.24. The second kappa shape index (κ2) is 8.56. The molecule has 0 spiro atoms. The van der Waals surface area contributed by atoms with Crippen molar-refractivity contribution in [2.24, 2.45) is 10.8 Å². The smallest absolute Gasteiger partial charge is 0.332 e. The number of nitrogens with two attached hydrogens (primary N) is 1. The predicted octanol–water partition coefficient (Wildman–Crippen LogP) is 3.69. The molecule has 0 aromatic heterocycles. The number of urea groups is 1. The van der Waals surface area contributed by atoms with E-state index in [1.165, 1.54) is 6.21 Å². The second-order valence-corrected chi connectivity index (χ2v) is 5.96. The molecule has 2 rings (SSSR count). The highest BCUT2D eigenvalue weighted by Crippen LogP contribution is 2.29. The Bertz CT molecular complexity index is 768. The first kappa shape index (κ1) is 18.1. The molecule has 0 saturated heterocycles. The van der Waals surface area contributed by atoms with E-state index in [2.05, 4.69) is 26.5 Å². The van der Waals surface area contributed by atoms with E-state index in [1.807, 2.05) is 6.07 Å². The van der Waals surface area contributed by atoms with E-state index in [0.29, 0.717) is 16.5 Å². The zero-order chi connectivity index (χ0) is 17.5. The van der Waals surface area contributed by atoms with Crippen LogP contribution in [0, 0.1) is 0 Å². The van der Waals surface area contributed by atoms with E-state index in [4.69, 9.17) is 26.8 Å². The molecule has 6 nitrogen and oxygen atoms in total. The van der Waals surface area contributed by atoms with Crippen LogP contribution in [0.25, 0.3) is 0 Å². The first-order valence-corrected chi connectivity index (χ1v) is 8.00. The van der Waals surface area contributed by atoms with Crippen molar-refractivity contribution in [1.82, 2.24) is 5.43 Å². The molecule has 0 bridgehead atoms. The number of hydrazone groups is 1. The van der Waals surface area contributed by atoms with Crippen molar-refractivity contribution in [2.75, 3.05) is 7.11 Å². The minimum absolute atomic E-state index is 0.286. The van der Waals surface area contributed by atoms with Crippen LogP contribution in [0.5, 0.6) is 11.5 Å². The number of halogens is 2. The summed E-state index contributed by atoms with van der Waals surface area (Å²) >= 11 is 9.32. The van der Waals surface area contributed by atoms with Gasteiger partial charge in [0.25, 0.3) is 0 Å². The third-order valence-electron chi connectivity index (χ3n) is 2.97. The van der Waals surface area contributed by atoms with Gasteiger partial charge in [-0.05, 0) is 57.9 Å². The number of carbonyl (C=O) groups is 1. The minimum Gasteiger partial charge on any atom is -0.496 e. The standard InChI is InChI=1S/C16H15BrClN3O3/c1-23-14-4-2-10(8-20-21-16(19)22)6-11(14)9-24-15-5-3-12(18)7-13(15)17/h2-8H,9H2,1H3,(H3,19,21,22). The van der Waals surface area contributed by atoms with E-state index in [9.17, 15) is 4.79 Å². The number of hydrogen-bond donors (Lipinski definition) is 2. The molecule has 0 aliphatic carbocycles. The molecule has 2 aromatic carbocycles. The van der Waals surface area contributed by atoms with Crippen molar-refractivity contribution in [3.63, 3.8) is 0 Å². The Morgan fingerprint density at radius 2 is 2.08 bits per heavy atom. The number of nitrogens with zero attached hydrogens (tertiary/aromatic N) is 1. The van der Waals surface area contributed by atoms with Gasteiger partial charge in [-0.2, -0.15) is 5.10 Å². The van der Waals surface area contributed by atoms with Crippen LogP contribution < -0.4 is 20.6 Å². The Morgan fingerprint density at radius 3 is 2.75 bits per heavy atom. The van der Waals surface area contributed by atoms with Gasteiger partial charge in [0.1, 0.15) is 18.1 Å². The molecule has 126 valence electrons. The molecule has 2 aromatic rings. The Morgan fingerprint density at radius 1 is 1.33 bits per heavy atom. The predicted molar refractivity (Wildman–Crippen MR) is 96.8 cm³/mol. The maximum Gasteiger partial charge on any atom is 0.332 e. The summed E-state index contributed by atoms with van der Waals surface area (Å²) in [7, 11) is 1.58. The summed E-state index contributed by atoms with van der Waals surface area (Å²) in [6.07, 6.45) is 1.48. The zero-order valence-electron chi connectivity index (χ0n) is 12.8. The van der Waals surface area contributed by atoms with Crippen LogP contribution in [0.3, 0.4) is 0 Å². The highest BCUT2D eigenvalue weighted by molar-refractivity contribution is 9.10. The summed E-state index contributed by atoms with van der Waals surface area (Å²) in [6.45, 7) is 0.286. The third kappa shape index (κ3) is 5.14. The zero-order valence-corrected chi connectivity index (χ0v) is 15.1. The summed E-state index contributed by atoms with van der Waals surface area (Å²) in [6, 6.07) is 9.99.